The van der Waals surface area contributed by atoms with Crippen molar-refractivity contribution in [1.82, 2.24) is 20.9 Å². The van der Waals surface area contributed by atoms with Crippen LogP contribution in [0.2, 0.25) is 0 Å². The lowest BCUT2D eigenvalue weighted by Gasteiger charge is -2.29. The van der Waals surface area contributed by atoms with E-state index >= 15 is 0 Å². The van der Waals surface area contributed by atoms with Gasteiger partial charge in [0.1, 0.15) is 31.4 Å². The normalized spacial score (nSPS) is 15.2. The molecule has 0 spiro atoms. The van der Waals surface area contributed by atoms with Crippen molar-refractivity contribution in [2.45, 2.75) is 103 Å². The van der Waals surface area contributed by atoms with Crippen molar-refractivity contribution < 1.29 is 38.6 Å². The van der Waals surface area contributed by atoms with E-state index in [-0.39, 0.29) is 51.1 Å². The Bertz CT molecular complexity index is 1870. The lowest BCUT2D eigenvalue weighted by atomic mass is 9.99. The number of esters is 1. The molecule has 58 heavy (non-hydrogen) atoms. The third kappa shape index (κ3) is 13.3. The molecule has 15 nitrogen and oxygen atoms in total. The summed E-state index contributed by atoms with van der Waals surface area (Å²) in [5.74, 6) is -1.99. The van der Waals surface area contributed by atoms with E-state index in [9.17, 15) is 29.1 Å². The molecule has 15 heteroatoms. The van der Waals surface area contributed by atoms with Gasteiger partial charge in [-0.05, 0) is 68.9 Å². The second-order valence-electron chi connectivity index (χ2n) is 14.9. The van der Waals surface area contributed by atoms with Crippen molar-refractivity contribution in [1.29, 1.82) is 0 Å². The number of unbranched alkanes of at least 4 members (excludes halogenated alkanes) is 1. The molecule has 0 saturated heterocycles. The Morgan fingerprint density at radius 1 is 0.828 bits per heavy atom. The topological polar surface area (TPSA) is 219 Å². The van der Waals surface area contributed by atoms with Crippen molar-refractivity contribution in [3.05, 3.63) is 90.3 Å². The van der Waals surface area contributed by atoms with Gasteiger partial charge in [0.25, 0.3) is 0 Å². The first-order valence-corrected chi connectivity index (χ1v) is 20.0. The van der Waals surface area contributed by atoms with E-state index in [2.05, 4.69) is 16.0 Å². The summed E-state index contributed by atoms with van der Waals surface area (Å²) in [4.78, 5) is 69.9. The van der Waals surface area contributed by atoms with Gasteiger partial charge in [-0.2, -0.15) is 0 Å². The van der Waals surface area contributed by atoms with Gasteiger partial charge in [-0.3, -0.25) is 24.1 Å². The highest BCUT2D eigenvalue weighted by Gasteiger charge is 2.36. The highest BCUT2D eigenvalue weighted by atomic mass is 16.5. The predicted octanol–water partition coefficient (Wildman–Crippen LogP) is 3.78. The maximum Gasteiger partial charge on any atom is 0.408 e. The number of fused-ring (bicyclic) bond motifs is 1. The minimum absolute atomic E-state index is 0.0633. The Kier molecular flexibility index (Phi) is 17.5. The van der Waals surface area contributed by atoms with E-state index in [0.29, 0.717) is 31.4 Å². The number of aliphatic hydroxyl groups is 1. The molecule has 0 fully saturated rings. The molecule has 2 unspecified atom stereocenters. The number of carbonyl (C=O) groups is 5. The Morgan fingerprint density at radius 2 is 1.53 bits per heavy atom. The number of hydrogen-bond acceptors (Lipinski definition) is 11. The number of alkyl carbamates (subject to hydrolysis) is 1. The van der Waals surface area contributed by atoms with Crippen LogP contribution in [0.15, 0.2) is 84.7 Å². The fourth-order valence-electron chi connectivity index (χ4n) is 6.53. The van der Waals surface area contributed by atoms with Gasteiger partial charge in [0.05, 0.1) is 24.4 Å². The highest BCUT2D eigenvalue weighted by Crippen LogP contribution is 2.34. The molecule has 0 aromatic heterocycles. The minimum Gasteiger partial charge on any atom is -0.465 e. The molecule has 0 radical (unpaired) electrons. The second kappa shape index (κ2) is 22.4. The van der Waals surface area contributed by atoms with E-state index in [1.165, 1.54) is 4.90 Å². The number of carbonyl (C=O) groups excluding carboxylic acids is 5. The molecule has 8 N–H and O–H groups in total. The van der Waals surface area contributed by atoms with Crippen LogP contribution in [0.1, 0.15) is 71.8 Å². The van der Waals surface area contributed by atoms with Crippen LogP contribution < -0.4 is 32.3 Å². The van der Waals surface area contributed by atoms with Gasteiger partial charge in [-0.25, -0.2) is 4.79 Å². The van der Waals surface area contributed by atoms with E-state index < -0.39 is 54.1 Å². The van der Waals surface area contributed by atoms with E-state index in [4.69, 9.17) is 20.9 Å². The van der Waals surface area contributed by atoms with Crippen molar-refractivity contribution >= 4 is 46.2 Å². The Hall–Kier alpha value is -5.51. The molecule has 0 aliphatic carbocycles. The van der Waals surface area contributed by atoms with Crippen molar-refractivity contribution in [2.75, 3.05) is 24.7 Å². The number of benzene rings is 3. The van der Waals surface area contributed by atoms with Crippen LogP contribution in [0.25, 0.3) is 10.8 Å². The van der Waals surface area contributed by atoms with Crippen LogP contribution in [0.3, 0.4) is 0 Å². The zero-order valence-electron chi connectivity index (χ0n) is 33.9. The third-order valence-electron chi connectivity index (χ3n) is 9.75. The molecule has 1 aliphatic heterocycles. The minimum atomic E-state index is -1.37. The van der Waals surface area contributed by atoms with Crippen LogP contribution in [0.4, 0.5) is 10.5 Å². The summed E-state index contributed by atoms with van der Waals surface area (Å²) in [7, 11) is 0. The van der Waals surface area contributed by atoms with Gasteiger partial charge in [-0.15, -0.1) is 0 Å². The monoisotopic (exact) mass is 801 g/mol. The zero-order chi connectivity index (χ0) is 42.2. The number of amides is 4. The highest BCUT2D eigenvalue weighted by molar-refractivity contribution is 5.96. The van der Waals surface area contributed by atoms with Gasteiger partial charge in [0.15, 0.2) is 0 Å². The fourth-order valence-corrected chi connectivity index (χ4v) is 6.53. The van der Waals surface area contributed by atoms with E-state index in [1.807, 2.05) is 79.4 Å². The first-order chi connectivity index (χ1) is 27.8. The van der Waals surface area contributed by atoms with Gasteiger partial charge < -0.3 is 46.9 Å². The average molecular weight is 802 g/mol. The molecule has 4 amide bonds. The van der Waals surface area contributed by atoms with Crippen molar-refractivity contribution in [2.24, 2.45) is 17.4 Å². The standard InChI is InChI=1S/C43H59N7O8/c1-5-57-42(55)34(45)19-11-12-23-46-40(53)38(37(51)22-21-28(2)3)48-39(52)35(47-43(56)58-26-30-14-7-6-8-15-30)24-32-25-49(41(54)29(4)44)27-50(32)36-20-13-17-31-16-9-10-18-33(31)36/h6-10,13-18,20,25,28-29,34-35,37-38,51H,5,11-12,19,21-24,26-27,44-45H2,1-4H3,(H,46,53)(H,47,56)(H,48,52)/t29-,34?,35-,37-,38?/m0/s1. The fraction of sp³-hybridized carbons (Fsp3) is 0.465. The van der Waals surface area contributed by atoms with E-state index in [1.54, 1.807) is 32.2 Å². The molecule has 1 heterocycles. The summed E-state index contributed by atoms with van der Waals surface area (Å²) in [6.45, 7) is 7.72. The molecule has 1 aliphatic rings. The quantitative estimate of drug-likeness (QED) is 0.0673. The predicted molar refractivity (Wildman–Crippen MR) is 222 cm³/mol. The molecule has 3 aromatic carbocycles. The number of anilines is 1. The number of nitrogens with zero attached hydrogens (tertiary/aromatic N) is 2. The smallest absolute Gasteiger partial charge is 0.408 e. The van der Waals surface area contributed by atoms with Gasteiger partial charge in [0.2, 0.25) is 17.7 Å². The largest absolute Gasteiger partial charge is 0.465 e. The Labute approximate surface area is 340 Å². The molecule has 0 saturated carbocycles. The van der Waals surface area contributed by atoms with Crippen molar-refractivity contribution in [3.8, 4) is 0 Å². The summed E-state index contributed by atoms with van der Waals surface area (Å²) < 4.78 is 10.5. The van der Waals surface area contributed by atoms with Gasteiger partial charge in [-0.1, -0.05) is 80.6 Å². The van der Waals surface area contributed by atoms with Gasteiger partial charge in [0, 0.05) is 30.2 Å². The number of rotatable bonds is 21. The first kappa shape index (κ1) is 45.2. The number of ether oxygens (including phenoxy) is 2. The molecule has 4 rings (SSSR count). The van der Waals surface area contributed by atoms with Gasteiger partial charge >= 0.3 is 12.1 Å². The summed E-state index contributed by atoms with van der Waals surface area (Å²) >= 11 is 0. The lowest BCUT2D eigenvalue weighted by molar-refractivity contribution is -0.144. The van der Waals surface area contributed by atoms with Crippen molar-refractivity contribution in [3.63, 3.8) is 0 Å². The summed E-state index contributed by atoms with van der Waals surface area (Å²) in [6.07, 6.45) is 1.50. The summed E-state index contributed by atoms with van der Waals surface area (Å²) in [5, 5.41) is 21.4. The summed E-state index contributed by atoms with van der Waals surface area (Å²) in [6, 6.07) is 18.3. The SMILES string of the molecule is CCOC(=O)C(N)CCCCNC(=O)C(NC(=O)[C@H](CC1=CN(C(=O)[C@H](C)N)CN1c1cccc2ccccc12)NC(=O)OCc1ccccc1)[C@@H](O)CCC(C)C. The molecule has 3 aromatic rings. The summed E-state index contributed by atoms with van der Waals surface area (Å²) in [5.41, 5.74) is 13.9. The third-order valence-corrected chi connectivity index (χ3v) is 9.75. The van der Waals surface area contributed by atoms with Crippen LogP contribution in [-0.2, 0) is 35.3 Å². The van der Waals surface area contributed by atoms with Crippen LogP contribution >= 0.6 is 0 Å². The van der Waals surface area contributed by atoms with Crippen LogP contribution in [0, 0.1) is 5.92 Å². The molecule has 314 valence electrons. The maximum absolute atomic E-state index is 14.4. The van der Waals surface area contributed by atoms with E-state index in [0.717, 1.165) is 22.0 Å². The Morgan fingerprint density at radius 3 is 2.24 bits per heavy atom. The number of nitrogens with two attached hydrogens (primary N) is 2. The maximum atomic E-state index is 14.4. The first-order valence-electron chi connectivity index (χ1n) is 20.0. The molecular weight excluding hydrogens is 743 g/mol. The number of aliphatic hydroxyl groups excluding tert-OH is 1. The number of hydrogen-bond donors (Lipinski definition) is 6. The average Bonchev–Trinajstić information content (AvgIpc) is 3.63. The molecule has 0 bridgehead atoms. The van der Waals surface area contributed by atoms with Crippen LogP contribution in [0.5, 0.6) is 0 Å². The number of nitrogens with one attached hydrogen (secondary N) is 3. The zero-order valence-corrected chi connectivity index (χ0v) is 33.9. The lowest BCUT2D eigenvalue weighted by Crippen LogP contribution is -2.58. The molecule has 5 atom stereocenters. The molecular formula is C43H59N7O8. The Balaban J connectivity index is 1.60. The van der Waals surface area contributed by atoms with Crippen LogP contribution in [-0.4, -0.2) is 89.9 Å². The second-order valence-corrected chi connectivity index (χ2v) is 14.9.